The third-order valence-electron chi connectivity index (χ3n) is 0.711. The first-order valence-corrected chi connectivity index (χ1v) is 4.27. The molecular formula is C5H7BBr2O. The average molecular weight is 254 g/mol. The number of allylic oxidation sites excluding steroid dienone is 2. The minimum Gasteiger partial charge on any atom is -0.541 e. The number of hydrogen-bond acceptors (Lipinski definition) is 1. The van der Waals surface area contributed by atoms with Crippen LogP contribution in [-0.2, 0) is 4.65 Å². The number of rotatable bonds is 3. The lowest BCUT2D eigenvalue weighted by atomic mass is 10.4. The second-order valence-electron chi connectivity index (χ2n) is 1.27. The van der Waals surface area contributed by atoms with Crippen molar-refractivity contribution in [2.24, 2.45) is 0 Å². The molecule has 0 aliphatic carbocycles. The Labute approximate surface area is 72.2 Å². The number of halogens is 2. The zero-order valence-electron chi connectivity index (χ0n) is 5.10. The maximum Gasteiger partial charge on any atom is 0.514 e. The van der Waals surface area contributed by atoms with Crippen molar-refractivity contribution in [3.63, 3.8) is 0 Å². The summed E-state index contributed by atoms with van der Waals surface area (Å²) in [6.07, 6.45) is 3.48. The van der Waals surface area contributed by atoms with Crippen LogP contribution in [0.15, 0.2) is 24.5 Å². The van der Waals surface area contributed by atoms with Gasteiger partial charge in [-0.25, -0.2) is 0 Å². The summed E-state index contributed by atoms with van der Waals surface area (Å²) < 4.78 is 4.99. The summed E-state index contributed by atoms with van der Waals surface area (Å²) in [5.74, 6) is 0.758. The van der Waals surface area contributed by atoms with Gasteiger partial charge >= 0.3 is 4.56 Å². The van der Waals surface area contributed by atoms with Crippen molar-refractivity contribution < 1.29 is 4.65 Å². The van der Waals surface area contributed by atoms with Gasteiger partial charge in [0.05, 0.1) is 5.76 Å². The largest absolute Gasteiger partial charge is 0.541 e. The topological polar surface area (TPSA) is 9.23 Å². The van der Waals surface area contributed by atoms with E-state index in [-0.39, 0.29) is 4.56 Å². The van der Waals surface area contributed by atoms with Gasteiger partial charge in [0.2, 0.25) is 0 Å². The van der Waals surface area contributed by atoms with E-state index >= 15 is 0 Å². The van der Waals surface area contributed by atoms with Crippen LogP contribution in [0.2, 0.25) is 0 Å². The molecule has 0 aliphatic rings. The molecule has 0 unspecified atom stereocenters. The maximum absolute atomic E-state index is 5.12. The molecule has 1 nitrogen and oxygen atoms in total. The van der Waals surface area contributed by atoms with Crippen molar-refractivity contribution in [1.82, 2.24) is 0 Å². The van der Waals surface area contributed by atoms with Crippen molar-refractivity contribution in [2.75, 3.05) is 0 Å². The van der Waals surface area contributed by atoms with E-state index < -0.39 is 0 Å². The van der Waals surface area contributed by atoms with Crippen LogP contribution in [-0.4, -0.2) is 4.56 Å². The third-order valence-corrected chi connectivity index (χ3v) is 1.08. The van der Waals surface area contributed by atoms with Crippen LogP contribution in [0, 0.1) is 0 Å². The van der Waals surface area contributed by atoms with Crippen LogP contribution < -0.4 is 0 Å². The van der Waals surface area contributed by atoms with Gasteiger partial charge in [-0.15, -0.1) is 0 Å². The molecule has 0 fully saturated rings. The quantitative estimate of drug-likeness (QED) is 0.427. The molecule has 0 atom stereocenters. The van der Waals surface area contributed by atoms with Crippen molar-refractivity contribution in [3.05, 3.63) is 24.5 Å². The zero-order chi connectivity index (χ0) is 7.28. The third kappa shape index (κ3) is 4.79. The van der Waals surface area contributed by atoms with Crippen molar-refractivity contribution in [1.29, 1.82) is 0 Å². The fraction of sp³-hybridized carbons (Fsp3) is 0.200. The van der Waals surface area contributed by atoms with Gasteiger partial charge in [-0.1, -0.05) is 38.1 Å². The average Bonchev–Trinajstić information content (AvgIpc) is 1.82. The summed E-state index contributed by atoms with van der Waals surface area (Å²) in [4.78, 5) is 0. The Morgan fingerprint density at radius 2 is 2.22 bits per heavy atom. The molecule has 0 aromatic heterocycles. The van der Waals surface area contributed by atoms with Gasteiger partial charge in [0, 0.05) is 0 Å². The molecule has 0 aromatic carbocycles. The first-order chi connectivity index (χ1) is 4.20. The molecule has 0 rings (SSSR count). The lowest BCUT2D eigenvalue weighted by Gasteiger charge is -2.03. The predicted molar refractivity (Wildman–Crippen MR) is 48.6 cm³/mol. The fourth-order valence-corrected chi connectivity index (χ4v) is 0.769. The van der Waals surface area contributed by atoms with E-state index in [1.165, 1.54) is 0 Å². The first-order valence-electron chi connectivity index (χ1n) is 2.44. The van der Waals surface area contributed by atoms with Gasteiger partial charge in [-0.3, -0.25) is 0 Å². The fourth-order valence-electron chi connectivity index (χ4n) is 0.337. The van der Waals surface area contributed by atoms with E-state index in [4.69, 9.17) is 4.65 Å². The Morgan fingerprint density at radius 3 is 2.33 bits per heavy atom. The lowest BCUT2D eigenvalue weighted by molar-refractivity contribution is 0.484. The van der Waals surface area contributed by atoms with Crippen LogP contribution in [0.4, 0.5) is 0 Å². The highest BCUT2D eigenvalue weighted by molar-refractivity contribution is 9.48. The summed E-state index contributed by atoms with van der Waals surface area (Å²) in [7, 11) is 0. The van der Waals surface area contributed by atoms with Crippen LogP contribution >= 0.6 is 31.5 Å². The molecule has 0 saturated heterocycles. The van der Waals surface area contributed by atoms with Crippen molar-refractivity contribution >= 4 is 36.1 Å². The minimum absolute atomic E-state index is 0.130. The standard InChI is InChI=1S/C5H7BBr2O/c1-3-5(4-2)9-6(7)8/h3-4H,1H2,2H3/b5-4+. The Bertz CT molecular complexity index is 122. The van der Waals surface area contributed by atoms with E-state index in [0.29, 0.717) is 0 Å². The highest BCUT2D eigenvalue weighted by Gasteiger charge is 2.05. The van der Waals surface area contributed by atoms with Gasteiger partial charge in [-0.05, 0) is 19.1 Å². The molecule has 50 valence electrons. The normalized spacial score (nSPS) is 10.8. The van der Waals surface area contributed by atoms with E-state index in [9.17, 15) is 0 Å². The minimum atomic E-state index is -0.130. The Balaban J connectivity index is 3.71. The van der Waals surface area contributed by atoms with Crippen molar-refractivity contribution in [2.45, 2.75) is 6.92 Å². The smallest absolute Gasteiger partial charge is 0.514 e. The van der Waals surface area contributed by atoms with Crippen molar-refractivity contribution in [3.8, 4) is 0 Å². The Kier molecular flexibility index (Phi) is 5.29. The van der Waals surface area contributed by atoms with Gasteiger partial charge < -0.3 is 4.65 Å². The summed E-state index contributed by atoms with van der Waals surface area (Å²) in [6.45, 7) is 5.44. The number of hydrogen-bond donors (Lipinski definition) is 0. The SMILES string of the molecule is C=C/C(=C\C)OB(Br)Br. The highest BCUT2D eigenvalue weighted by atomic mass is 79.9. The summed E-state index contributed by atoms with van der Waals surface area (Å²) in [6, 6.07) is 0. The Morgan fingerprint density at radius 1 is 1.67 bits per heavy atom. The van der Waals surface area contributed by atoms with Crippen LogP contribution in [0.5, 0.6) is 0 Å². The molecule has 0 saturated carbocycles. The second kappa shape index (κ2) is 5.12. The predicted octanol–water partition coefficient (Wildman–Crippen LogP) is 2.87. The monoisotopic (exact) mass is 252 g/mol. The Hall–Kier alpha value is 0.305. The van der Waals surface area contributed by atoms with Crippen LogP contribution in [0.25, 0.3) is 0 Å². The molecule has 4 heteroatoms. The molecule has 0 amide bonds. The molecule has 9 heavy (non-hydrogen) atoms. The first kappa shape index (κ1) is 9.30. The summed E-state index contributed by atoms with van der Waals surface area (Å²) >= 11 is 6.32. The summed E-state index contributed by atoms with van der Waals surface area (Å²) in [5, 5.41) is 0. The van der Waals surface area contributed by atoms with Gasteiger partial charge in [0.1, 0.15) is 0 Å². The highest BCUT2D eigenvalue weighted by Crippen LogP contribution is 2.10. The molecular weight excluding hydrogens is 247 g/mol. The molecule has 0 aliphatic heterocycles. The van der Waals surface area contributed by atoms with Gasteiger partial charge in [0.25, 0.3) is 0 Å². The van der Waals surface area contributed by atoms with E-state index in [0.717, 1.165) is 5.76 Å². The summed E-state index contributed by atoms with van der Waals surface area (Å²) in [5.41, 5.74) is 0. The molecule has 0 aromatic rings. The maximum atomic E-state index is 5.12. The molecule has 0 bridgehead atoms. The van der Waals surface area contributed by atoms with E-state index in [1.807, 2.05) is 13.0 Å². The van der Waals surface area contributed by atoms with E-state index in [2.05, 4.69) is 38.1 Å². The molecule has 0 N–H and O–H groups in total. The van der Waals surface area contributed by atoms with Gasteiger partial charge in [0.15, 0.2) is 0 Å². The molecule has 0 heterocycles. The second-order valence-corrected chi connectivity index (χ2v) is 4.17. The van der Waals surface area contributed by atoms with Crippen LogP contribution in [0.3, 0.4) is 0 Å². The lowest BCUT2D eigenvalue weighted by Crippen LogP contribution is -1.97. The van der Waals surface area contributed by atoms with E-state index in [1.54, 1.807) is 6.08 Å². The molecule has 0 radical (unpaired) electrons. The molecule has 0 spiro atoms. The van der Waals surface area contributed by atoms with Gasteiger partial charge in [-0.2, -0.15) is 0 Å². The van der Waals surface area contributed by atoms with Crippen LogP contribution in [0.1, 0.15) is 6.92 Å². The zero-order valence-corrected chi connectivity index (χ0v) is 8.28.